The lowest BCUT2D eigenvalue weighted by Crippen LogP contribution is -2.33. The highest BCUT2D eigenvalue weighted by molar-refractivity contribution is 7.99. The Balaban J connectivity index is 1.82. The smallest absolute Gasteiger partial charge is 0.251 e. The minimum absolute atomic E-state index is 0.168. The average Bonchev–Trinajstić information content (AvgIpc) is 2.61. The maximum atomic E-state index is 12.0. The molecule has 6 nitrogen and oxygen atoms in total. The first-order chi connectivity index (χ1) is 12.4. The fraction of sp³-hybridized carbons (Fsp3) is 0.167. The zero-order valence-corrected chi connectivity index (χ0v) is 15.4. The van der Waals surface area contributed by atoms with Gasteiger partial charge in [-0.3, -0.25) is 14.4 Å². The van der Waals surface area contributed by atoms with E-state index in [2.05, 4.69) is 10.6 Å². The Morgan fingerprint density at radius 2 is 1.81 bits per heavy atom. The van der Waals surface area contributed by atoms with Crippen LogP contribution in [0.5, 0.6) is 0 Å². The van der Waals surface area contributed by atoms with Crippen molar-refractivity contribution in [2.75, 3.05) is 17.6 Å². The number of thioether (sulfide) groups is 1. The largest absolute Gasteiger partial charge is 0.368 e. The summed E-state index contributed by atoms with van der Waals surface area (Å²) in [6.07, 6.45) is 0. The number of carbonyl (C=O) groups is 3. The molecule has 0 aromatic heterocycles. The van der Waals surface area contributed by atoms with Crippen molar-refractivity contribution in [3.8, 4) is 0 Å². The van der Waals surface area contributed by atoms with Crippen LogP contribution in [0.25, 0.3) is 0 Å². The first kappa shape index (κ1) is 19.8. The third-order valence-electron chi connectivity index (χ3n) is 3.25. The highest BCUT2D eigenvalue weighted by Gasteiger charge is 2.09. The lowest BCUT2D eigenvalue weighted by molar-refractivity contribution is -0.117. The van der Waals surface area contributed by atoms with Crippen LogP contribution < -0.4 is 16.4 Å². The molecule has 8 heteroatoms. The number of halogens is 1. The summed E-state index contributed by atoms with van der Waals surface area (Å²) in [5.41, 5.74) is 6.91. The van der Waals surface area contributed by atoms with E-state index in [4.69, 9.17) is 17.3 Å². The first-order valence-corrected chi connectivity index (χ1v) is 9.26. The maximum absolute atomic E-state index is 12.0. The summed E-state index contributed by atoms with van der Waals surface area (Å²) < 4.78 is 0. The quantitative estimate of drug-likeness (QED) is 0.643. The van der Waals surface area contributed by atoms with E-state index >= 15 is 0 Å². The van der Waals surface area contributed by atoms with E-state index in [0.29, 0.717) is 22.0 Å². The van der Waals surface area contributed by atoms with Crippen LogP contribution in [0.1, 0.15) is 15.9 Å². The van der Waals surface area contributed by atoms with E-state index in [1.807, 2.05) is 24.3 Å². The Morgan fingerprint density at radius 1 is 1.08 bits per heavy atom. The van der Waals surface area contributed by atoms with Gasteiger partial charge in [0.15, 0.2) is 0 Å². The van der Waals surface area contributed by atoms with Crippen molar-refractivity contribution < 1.29 is 14.4 Å². The summed E-state index contributed by atoms with van der Waals surface area (Å²) in [5, 5.41) is 5.82. The van der Waals surface area contributed by atoms with Gasteiger partial charge in [-0.05, 0) is 35.9 Å². The zero-order valence-electron chi connectivity index (χ0n) is 13.8. The Morgan fingerprint density at radius 3 is 2.50 bits per heavy atom. The molecule has 2 rings (SSSR count). The van der Waals surface area contributed by atoms with Crippen LogP contribution in [0.2, 0.25) is 5.02 Å². The van der Waals surface area contributed by atoms with Gasteiger partial charge in [-0.15, -0.1) is 11.8 Å². The molecule has 0 heterocycles. The van der Waals surface area contributed by atoms with Gasteiger partial charge in [-0.25, -0.2) is 0 Å². The number of rotatable bonds is 8. The molecule has 0 aliphatic rings. The van der Waals surface area contributed by atoms with Crippen molar-refractivity contribution in [3.05, 3.63) is 64.7 Å². The molecular weight excluding hydrogens is 374 g/mol. The van der Waals surface area contributed by atoms with Crippen LogP contribution in [-0.2, 0) is 15.3 Å². The van der Waals surface area contributed by atoms with Crippen LogP contribution >= 0.6 is 23.4 Å². The van der Waals surface area contributed by atoms with E-state index in [9.17, 15) is 14.4 Å². The summed E-state index contributed by atoms with van der Waals surface area (Å²) in [4.78, 5) is 34.6. The summed E-state index contributed by atoms with van der Waals surface area (Å²) in [6.45, 7) is -0.239. The zero-order chi connectivity index (χ0) is 18.9. The molecule has 3 amide bonds. The molecule has 0 saturated heterocycles. The second-order valence-corrected chi connectivity index (χ2v) is 6.82. The van der Waals surface area contributed by atoms with Crippen molar-refractivity contribution in [2.24, 2.45) is 5.73 Å². The number of hydrogen-bond donors (Lipinski definition) is 3. The van der Waals surface area contributed by atoms with Crippen LogP contribution in [0.4, 0.5) is 5.69 Å². The van der Waals surface area contributed by atoms with Crippen molar-refractivity contribution in [3.63, 3.8) is 0 Å². The normalized spacial score (nSPS) is 10.2. The number of primary amides is 1. The minimum Gasteiger partial charge on any atom is -0.368 e. The Bertz CT molecular complexity index is 797. The number of benzene rings is 2. The van der Waals surface area contributed by atoms with Crippen molar-refractivity contribution in [1.29, 1.82) is 0 Å². The molecule has 26 heavy (non-hydrogen) atoms. The number of anilines is 1. The minimum atomic E-state index is -0.625. The SMILES string of the molecule is NC(=O)CNC(=O)c1cccc(NC(=O)CSCc2ccc(Cl)cc2)c1. The monoisotopic (exact) mass is 391 g/mol. The molecule has 0 aliphatic carbocycles. The Labute approximate surface area is 160 Å². The molecule has 0 bridgehead atoms. The van der Waals surface area contributed by atoms with Gasteiger partial charge < -0.3 is 16.4 Å². The second-order valence-electron chi connectivity index (χ2n) is 5.40. The molecule has 2 aromatic carbocycles. The molecule has 0 spiro atoms. The molecule has 0 aliphatic heterocycles. The summed E-state index contributed by atoms with van der Waals surface area (Å²) >= 11 is 7.31. The van der Waals surface area contributed by atoms with Crippen LogP contribution in [-0.4, -0.2) is 30.0 Å². The van der Waals surface area contributed by atoms with E-state index in [0.717, 1.165) is 5.56 Å². The van der Waals surface area contributed by atoms with Crippen LogP contribution in [0.15, 0.2) is 48.5 Å². The van der Waals surface area contributed by atoms with Crippen molar-refractivity contribution >= 4 is 46.8 Å². The fourth-order valence-electron chi connectivity index (χ4n) is 2.05. The molecule has 0 saturated carbocycles. The van der Waals surface area contributed by atoms with E-state index in [-0.39, 0.29) is 18.2 Å². The van der Waals surface area contributed by atoms with Crippen LogP contribution in [0, 0.1) is 0 Å². The number of nitrogens with one attached hydrogen (secondary N) is 2. The van der Waals surface area contributed by atoms with Gasteiger partial charge in [0.2, 0.25) is 11.8 Å². The lowest BCUT2D eigenvalue weighted by atomic mass is 10.2. The van der Waals surface area contributed by atoms with Crippen molar-refractivity contribution in [2.45, 2.75) is 5.75 Å². The number of hydrogen-bond acceptors (Lipinski definition) is 4. The number of carbonyl (C=O) groups excluding carboxylic acids is 3. The molecular formula is C18H18ClN3O3S. The summed E-state index contributed by atoms with van der Waals surface area (Å²) in [6, 6.07) is 13.9. The molecule has 2 aromatic rings. The molecule has 4 N–H and O–H groups in total. The molecule has 0 fully saturated rings. The first-order valence-electron chi connectivity index (χ1n) is 7.72. The van der Waals surface area contributed by atoms with Gasteiger partial charge in [0.25, 0.3) is 5.91 Å². The fourth-order valence-corrected chi connectivity index (χ4v) is 2.96. The maximum Gasteiger partial charge on any atom is 0.251 e. The molecule has 0 unspecified atom stereocenters. The van der Waals surface area contributed by atoms with E-state index in [1.165, 1.54) is 17.8 Å². The predicted molar refractivity (Wildman–Crippen MR) is 104 cm³/mol. The average molecular weight is 392 g/mol. The standard InChI is InChI=1S/C18H18ClN3O3S/c19-14-6-4-12(5-7-14)10-26-11-17(24)22-15-3-1-2-13(8-15)18(25)21-9-16(20)23/h1-8H,9-11H2,(H2,20,23)(H,21,25)(H,22,24). The number of nitrogens with two attached hydrogens (primary N) is 1. The van der Waals surface area contributed by atoms with E-state index in [1.54, 1.807) is 18.2 Å². The highest BCUT2D eigenvalue weighted by Crippen LogP contribution is 2.16. The molecule has 136 valence electrons. The third kappa shape index (κ3) is 6.78. The highest BCUT2D eigenvalue weighted by atomic mass is 35.5. The second kappa shape index (κ2) is 9.84. The Kier molecular flexibility index (Phi) is 7.50. The summed E-state index contributed by atoms with van der Waals surface area (Å²) in [7, 11) is 0. The topological polar surface area (TPSA) is 101 Å². The molecule has 0 atom stereocenters. The van der Waals surface area contributed by atoms with Gasteiger partial charge in [0, 0.05) is 22.0 Å². The Hall–Kier alpha value is -2.51. The van der Waals surface area contributed by atoms with Crippen molar-refractivity contribution in [1.82, 2.24) is 5.32 Å². The number of amides is 3. The third-order valence-corrected chi connectivity index (χ3v) is 4.50. The predicted octanol–water partition coefficient (Wildman–Crippen LogP) is 2.43. The molecule has 0 radical (unpaired) electrons. The van der Waals surface area contributed by atoms with E-state index < -0.39 is 11.8 Å². The van der Waals surface area contributed by atoms with Gasteiger partial charge in [-0.2, -0.15) is 0 Å². The lowest BCUT2D eigenvalue weighted by Gasteiger charge is -2.08. The van der Waals surface area contributed by atoms with Gasteiger partial charge in [0.05, 0.1) is 12.3 Å². The van der Waals surface area contributed by atoms with Crippen LogP contribution in [0.3, 0.4) is 0 Å². The van der Waals surface area contributed by atoms with Gasteiger partial charge >= 0.3 is 0 Å². The van der Waals surface area contributed by atoms with Gasteiger partial charge in [0.1, 0.15) is 0 Å². The van der Waals surface area contributed by atoms with Gasteiger partial charge in [-0.1, -0.05) is 29.8 Å². The summed E-state index contributed by atoms with van der Waals surface area (Å²) in [5.74, 6) is -0.253.